The van der Waals surface area contributed by atoms with Crippen LogP contribution in [0.5, 0.6) is 5.75 Å². The number of Topliss-reactive ketones (excluding diaryl/α,β-unsaturated/α-hetero) is 1. The van der Waals surface area contributed by atoms with Crippen LogP contribution < -0.4 is 4.74 Å². The Morgan fingerprint density at radius 2 is 1.80 bits per heavy atom. The van der Waals surface area contributed by atoms with E-state index in [1.807, 2.05) is 6.07 Å². The van der Waals surface area contributed by atoms with Crippen LogP contribution >= 0.6 is 31.9 Å². The number of carbonyl (C=O) groups excluding carboxylic acids is 2. The summed E-state index contributed by atoms with van der Waals surface area (Å²) in [7, 11) is 0. The van der Waals surface area contributed by atoms with Crippen molar-refractivity contribution in [2.45, 2.75) is 6.92 Å². The quantitative estimate of drug-likeness (QED) is 0.108. The highest BCUT2D eigenvalue weighted by Gasteiger charge is 2.25. The van der Waals surface area contributed by atoms with Crippen LogP contribution in [-0.4, -0.2) is 29.2 Å². The zero-order valence-corrected chi connectivity index (χ0v) is 21.3. The largest absolute Gasteiger partial charge is 0.483 e. The number of nitrogens with zero attached hydrogens (tertiary/aromatic N) is 2. The van der Waals surface area contributed by atoms with E-state index in [0.717, 1.165) is 0 Å². The van der Waals surface area contributed by atoms with Crippen molar-refractivity contribution in [2.75, 3.05) is 6.61 Å². The van der Waals surface area contributed by atoms with Gasteiger partial charge in [-0.15, -0.1) is 0 Å². The second-order valence-electron chi connectivity index (χ2n) is 7.49. The molecule has 0 atom stereocenters. The Labute approximate surface area is 216 Å². The van der Waals surface area contributed by atoms with Gasteiger partial charge in [-0.2, -0.15) is 0 Å². The molecule has 0 fully saturated rings. The third-order valence-electron chi connectivity index (χ3n) is 5.03. The van der Waals surface area contributed by atoms with E-state index in [1.165, 1.54) is 12.1 Å². The zero-order valence-electron chi connectivity index (χ0n) is 18.2. The van der Waals surface area contributed by atoms with Crippen molar-refractivity contribution in [3.8, 4) is 5.75 Å². The van der Waals surface area contributed by atoms with Crippen LogP contribution in [0.2, 0.25) is 0 Å². The molecule has 0 amide bonds. The molecule has 35 heavy (non-hydrogen) atoms. The first-order valence-electron chi connectivity index (χ1n) is 10.2. The van der Waals surface area contributed by atoms with E-state index in [1.54, 1.807) is 55.5 Å². The predicted molar refractivity (Wildman–Crippen MR) is 137 cm³/mol. The Morgan fingerprint density at radius 3 is 2.43 bits per heavy atom. The Hall–Kier alpha value is -3.63. The van der Waals surface area contributed by atoms with E-state index >= 15 is 0 Å². The number of aliphatic imine (C=N–C) groups is 1. The minimum absolute atomic E-state index is 0.0306. The van der Waals surface area contributed by atoms with E-state index in [4.69, 9.17) is 9.47 Å². The van der Waals surface area contributed by atoms with E-state index in [2.05, 4.69) is 36.9 Å². The number of ether oxygens (including phenoxy) is 2. The number of nitro groups is 1. The highest BCUT2D eigenvalue weighted by Crippen LogP contribution is 2.36. The van der Waals surface area contributed by atoms with Gasteiger partial charge in [0.15, 0.2) is 18.1 Å². The molecular formula is C25H16Br2N2O6. The van der Waals surface area contributed by atoms with E-state index in [-0.39, 0.29) is 29.7 Å². The summed E-state index contributed by atoms with van der Waals surface area (Å²) in [6, 6.07) is 16.7. The van der Waals surface area contributed by atoms with Crippen LogP contribution in [0.1, 0.15) is 27.0 Å². The van der Waals surface area contributed by atoms with Gasteiger partial charge in [0.2, 0.25) is 5.90 Å². The summed E-state index contributed by atoms with van der Waals surface area (Å²) in [4.78, 5) is 39.5. The molecule has 8 nitrogen and oxygen atoms in total. The van der Waals surface area contributed by atoms with Crippen LogP contribution in [0, 0.1) is 17.0 Å². The third-order valence-corrected chi connectivity index (χ3v) is 6.21. The smallest absolute Gasteiger partial charge is 0.363 e. The second kappa shape index (κ2) is 10.3. The fraction of sp³-hybridized carbons (Fsp3) is 0.0800. The molecular weight excluding hydrogens is 584 g/mol. The summed E-state index contributed by atoms with van der Waals surface area (Å²) >= 11 is 6.88. The minimum Gasteiger partial charge on any atom is -0.483 e. The van der Waals surface area contributed by atoms with Crippen LogP contribution in [0.25, 0.3) is 6.08 Å². The predicted octanol–water partition coefficient (Wildman–Crippen LogP) is 6.03. The maximum absolute atomic E-state index is 12.4. The first-order chi connectivity index (χ1) is 16.7. The van der Waals surface area contributed by atoms with Gasteiger partial charge < -0.3 is 9.47 Å². The molecule has 0 unspecified atom stereocenters. The fourth-order valence-electron chi connectivity index (χ4n) is 3.33. The maximum Gasteiger partial charge on any atom is 0.363 e. The lowest BCUT2D eigenvalue weighted by Gasteiger charge is -2.11. The topological polar surface area (TPSA) is 108 Å². The summed E-state index contributed by atoms with van der Waals surface area (Å²) in [5.74, 6) is -0.294. The number of esters is 1. The Bertz CT molecular complexity index is 1390. The van der Waals surface area contributed by atoms with Gasteiger partial charge >= 0.3 is 5.97 Å². The number of carbonyl (C=O) groups is 2. The van der Waals surface area contributed by atoms with Gasteiger partial charge in [-0.3, -0.25) is 14.9 Å². The molecule has 0 radical (unpaired) electrons. The molecule has 3 aromatic carbocycles. The lowest BCUT2D eigenvalue weighted by molar-refractivity contribution is -0.385. The van der Waals surface area contributed by atoms with Crippen LogP contribution in [0.4, 0.5) is 5.69 Å². The van der Waals surface area contributed by atoms with Crippen LogP contribution in [-0.2, 0) is 9.53 Å². The Kier molecular flexibility index (Phi) is 7.23. The number of hydrogen-bond acceptors (Lipinski definition) is 7. The maximum atomic E-state index is 12.4. The average Bonchev–Trinajstić information content (AvgIpc) is 3.18. The standard InChI is InChI=1S/C25H16Br2N2O6/c1-14-9-17(7-8-21(14)29(32)33)24-28-20(25(31)35-24)12-15-10-18(26)23(19(27)11-15)34-13-22(30)16-5-3-2-4-6-16/h2-12H,13H2,1H3/b20-12-. The van der Waals surface area contributed by atoms with Crippen LogP contribution in [0.15, 0.2) is 80.3 Å². The van der Waals surface area contributed by atoms with E-state index < -0.39 is 10.9 Å². The highest BCUT2D eigenvalue weighted by molar-refractivity contribution is 9.11. The van der Waals surface area contributed by atoms with Crippen molar-refractivity contribution >= 4 is 61.3 Å². The van der Waals surface area contributed by atoms with Gasteiger partial charge in [0.05, 0.1) is 13.9 Å². The SMILES string of the molecule is Cc1cc(C2=N/C(=C\c3cc(Br)c(OCC(=O)c4ccccc4)c(Br)c3)C(=O)O2)ccc1[N+](=O)[O-]. The summed E-state index contributed by atoms with van der Waals surface area (Å²) in [6.07, 6.45) is 1.54. The number of rotatable bonds is 7. The lowest BCUT2D eigenvalue weighted by Crippen LogP contribution is -2.12. The number of cyclic esters (lactones) is 1. The average molecular weight is 600 g/mol. The number of hydrogen-bond donors (Lipinski definition) is 0. The van der Waals surface area contributed by atoms with E-state index in [0.29, 0.717) is 36.9 Å². The van der Waals surface area contributed by atoms with Crippen molar-refractivity contribution in [3.05, 3.63) is 108 Å². The molecule has 4 rings (SSSR count). The van der Waals surface area contributed by atoms with E-state index in [9.17, 15) is 19.7 Å². The summed E-state index contributed by atoms with van der Waals surface area (Å²) in [5, 5.41) is 11.0. The second-order valence-corrected chi connectivity index (χ2v) is 9.19. The number of nitro benzene ring substituents is 1. The Balaban J connectivity index is 1.54. The van der Waals surface area contributed by atoms with Gasteiger partial charge in [0, 0.05) is 22.8 Å². The molecule has 1 aliphatic rings. The highest BCUT2D eigenvalue weighted by atomic mass is 79.9. The molecule has 0 bridgehead atoms. The number of benzene rings is 3. The molecule has 0 aromatic heterocycles. The molecule has 0 saturated heterocycles. The summed E-state index contributed by atoms with van der Waals surface area (Å²) in [6.45, 7) is 1.46. The fourth-order valence-corrected chi connectivity index (χ4v) is 4.78. The molecule has 3 aromatic rings. The summed E-state index contributed by atoms with van der Waals surface area (Å²) in [5.41, 5.74) is 2.11. The molecule has 0 saturated carbocycles. The number of halogens is 2. The molecule has 176 valence electrons. The molecule has 0 N–H and O–H groups in total. The van der Waals surface area contributed by atoms with Crippen molar-refractivity contribution in [2.24, 2.45) is 4.99 Å². The third kappa shape index (κ3) is 5.55. The van der Waals surface area contributed by atoms with Gasteiger partial charge in [0.25, 0.3) is 5.69 Å². The molecule has 0 aliphatic carbocycles. The Morgan fingerprint density at radius 1 is 1.11 bits per heavy atom. The zero-order chi connectivity index (χ0) is 25.1. The lowest BCUT2D eigenvalue weighted by atomic mass is 10.1. The van der Waals surface area contributed by atoms with Gasteiger partial charge in [0.1, 0.15) is 5.75 Å². The van der Waals surface area contributed by atoms with Crippen molar-refractivity contribution in [1.82, 2.24) is 0 Å². The molecule has 1 aliphatic heterocycles. The van der Waals surface area contributed by atoms with Gasteiger partial charge in [-0.1, -0.05) is 30.3 Å². The van der Waals surface area contributed by atoms with Gasteiger partial charge in [-0.05, 0) is 74.7 Å². The monoisotopic (exact) mass is 598 g/mol. The molecule has 10 heteroatoms. The van der Waals surface area contributed by atoms with Crippen molar-refractivity contribution < 1.29 is 24.0 Å². The normalized spacial score (nSPS) is 14.0. The van der Waals surface area contributed by atoms with Crippen molar-refractivity contribution in [3.63, 3.8) is 0 Å². The van der Waals surface area contributed by atoms with Crippen molar-refractivity contribution in [1.29, 1.82) is 0 Å². The number of aryl methyl sites for hydroxylation is 1. The van der Waals surface area contributed by atoms with Crippen LogP contribution in [0.3, 0.4) is 0 Å². The summed E-state index contributed by atoms with van der Waals surface area (Å²) < 4.78 is 12.1. The first-order valence-corrected chi connectivity index (χ1v) is 11.8. The minimum atomic E-state index is -0.642. The molecule has 0 spiro atoms. The van der Waals surface area contributed by atoms with Gasteiger partial charge in [-0.25, -0.2) is 9.79 Å². The number of ketones is 1. The molecule has 1 heterocycles. The first kappa shape index (κ1) is 24.5.